The number of allylic oxidation sites excluding steroid dienone is 2. The molecule has 0 aromatic heterocycles. The zero-order valence-electron chi connectivity index (χ0n) is 21.9. The number of carbonyl (C=O) groups is 3. The highest BCUT2D eigenvalue weighted by molar-refractivity contribution is 6.12. The third-order valence-corrected chi connectivity index (χ3v) is 4.41. The Kier molecular flexibility index (Phi) is 15.6. The molecule has 2 radical (unpaired) electrons. The molecule has 3 unspecified atom stereocenters. The summed E-state index contributed by atoms with van der Waals surface area (Å²) >= 11 is 0. The second kappa shape index (κ2) is 17.5. The van der Waals surface area contributed by atoms with Crippen LogP contribution in [0.4, 0.5) is 10.5 Å². The number of benzene rings is 1. The van der Waals surface area contributed by atoms with Gasteiger partial charge in [0.1, 0.15) is 5.60 Å². The molecule has 0 fully saturated rings. The lowest BCUT2D eigenvalue weighted by molar-refractivity contribution is -0.118. The molecule has 37 heavy (non-hydrogen) atoms. The SMILES string of the molecule is C=C.O=CNO.[B]C(CC(C)NC(=O)C1=CCC(C#Cc2ccc(N)cc2)C=C1)NC(=O)OC(C)(C)C. The van der Waals surface area contributed by atoms with Gasteiger partial charge >= 0.3 is 6.09 Å². The zero-order valence-corrected chi connectivity index (χ0v) is 21.9. The molecule has 0 spiro atoms. The molecule has 1 aromatic rings. The van der Waals surface area contributed by atoms with Crippen LogP contribution in [0.15, 0.2) is 61.2 Å². The maximum Gasteiger partial charge on any atom is 0.407 e. The molecular formula is C27H37BN4O5. The standard InChI is InChI=1S/C24H30BN3O3.C2H4.CH3NO2/c1-16(15-21(25)28-23(30)31-24(2,3)4)27-22(29)19-11-7-17(8-12-19)5-6-18-9-13-20(26)14-10-18;1-2;3-1-2-4/h7,9-14,16-17,21H,8,15,26H2,1-4H3,(H,27,29)(H,28,30);1-2H2;1,4H,(H,2,3). The average molecular weight is 508 g/mol. The number of alkyl carbamates (subject to hydrolysis) is 1. The van der Waals surface area contributed by atoms with Crippen LogP contribution in [-0.4, -0.2) is 49.0 Å². The van der Waals surface area contributed by atoms with Crippen LogP contribution in [0.25, 0.3) is 0 Å². The Labute approximate surface area is 221 Å². The number of rotatable bonds is 6. The molecule has 0 bridgehead atoms. The van der Waals surface area contributed by atoms with Gasteiger partial charge in [0.2, 0.25) is 6.41 Å². The number of amides is 3. The molecule has 198 valence electrons. The van der Waals surface area contributed by atoms with Gasteiger partial charge in [0.15, 0.2) is 0 Å². The number of ether oxygens (including phenoxy) is 1. The van der Waals surface area contributed by atoms with Crippen molar-refractivity contribution in [1.29, 1.82) is 0 Å². The van der Waals surface area contributed by atoms with Crippen LogP contribution < -0.4 is 21.8 Å². The van der Waals surface area contributed by atoms with Crippen LogP contribution in [0, 0.1) is 17.8 Å². The molecular weight excluding hydrogens is 471 g/mol. The Hall–Kier alpha value is -3.97. The summed E-state index contributed by atoms with van der Waals surface area (Å²) in [6, 6.07) is 7.17. The van der Waals surface area contributed by atoms with Crippen molar-refractivity contribution in [2.75, 3.05) is 5.73 Å². The third kappa shape index (κ3) is 15.6. The van der Waals surface area contributed by atoms with Gasteiger partial charge in [-0.1, -0.05) is 30.1 Å². The van der Waals surface area contributed by atoms with E-state index in [1.807, 2.05) is 43.3 Å². The largest absolute Gasteiger partial charge is 0.444 e. The molecule has 2 rings (SSSR count). The van der Waals surface area contributed by atoms with E-state index in [4.69, 9.17) is 28.3 Å². The molecule has 1 aliphatic rings. The molecule has 6 N–H and O–H groups in total. The van der Waals surface area contributed by atoms with Crippen LogP contribution in [0.3, 0.4) is 0 Å². The predicted octanol–water partition coefficient (Wildman–Crippen LogP) is 2.96. The highest BCUT2D eigenvalue weighted by Gasteiger charge is 2.20. The molecule has 9 nitrogen and oxygen atoms in total. The van der Waals surface area contributed by atoms with Crippen molar-refractivity contribution >= 4 is 31.9 Å². The summed E-state index contributed by atoms with van der Waals surface area (Å²) in [5.41, 5.74) is 8.53. The average Bonchev–Trinajstić information content (AvgIpc) is 2.84. The number of nitrogens with two attached hydrogens (primary N) is 1. The molecule has 0 saturated heterocycles. The molecule has 0 heterocycles. The number of anilines is 1. The fourth-order valence-corrected chi connectivity index (χ4v) is 2.90. The molecule has 0 aliphatic heterocycles. The minimum Gasteiger partial charge on any atom is -0.444 e. The van der Waals surface area contributed by atoms with Crippen LogP contribution in [0.2, 0.25) is 0 Å². The summed E-state index contributed by atoms with van der Waals surface area (Å²) < 4.78 is 5.18. The lowest BCUT2D eigenvalue weighted by atomic mass is 9.90. The van der Waals surface area contributed by atoms with Gasteiger partial charge in [0.05, 0.1) is 7.85 Å². The Bertz CT molecular complexity index is 991. The first kappa shape index (κ1) is 33.0. The summed E-state index contributed by atoms with van der Waals surface area (Å²) in [4.78, 5) is 33.1. The van der Waals surface area contributed by atoms with E-state index in [-0.39, 0.29) is 24.3 Å². The number of hydrogen-bond donors (Lipinski definition) is 5. The van der Waals surface area contributed by atoms with E-state index in [1.165, 1.54) is 5.48 Å². The normalized spacial score (nSPS) is 15.3. The molecule has 10 heteroatoms. The Balaban J connectivity index is 0.00000196. The first-order chi connectivity index (χ1) is 17.4. The van der Waals surface area contributed by atoms with E-state index >= 15 is 0 Å². The summed E-state index contributed by atoms with van der Waals surface area (Å²) in [6.45, 7) is 13.2. The molecule has 0 saturated carbocycles. The summed E-state index contributed by atoms with van der Waals surface area (Å²) in [5.74, 6) is 5.56. The van der Waals surface area contributed by atoms with Gasteiger partial charge in [-0.3, -0.25) is 14.8 Å². The zero-order chi connectivity index (χ0) is 28.4. The van der Waals surface area contributed by atoms with Gasteiger partial charge in [-0.15, -0.1) is 13.2 Å². The maximum atomic E-state index is 12.5. The van der Waals surface area contributed by atoms with Crippen molar-refractivity contribution in [1.82, 2.24) is 16.1 Å². The van der Waals surface area contributed by atoms with Gasteiger partial charge in [0.25, 0.3) is 5.91 Å². The fraction of sp³-hybridized carbons (Fsp3) is 0.370. The lowest BCUT2D eigenvalue weighted by Crippen LogP contribution is -2.44. The van der Waals surface area contributed by atoms with E-state index in [9.17, 15) is 9.59 Å². The summed E-state index contributed by atoms with van der Waals surface area (Å²) in [6.07, 6.45) is 6.23. The number of nitrogens with one attached hydrogen (secondary N) is 3. The molecule has 1 aliphatic carbocycles. The highest BCUT2D eigenvalue weighted by atomic mass is 16.6. The predicted molar refractivity (Wildman–Crippen MR) is 146 cm³/mol. The number of carbonyl (C=O) groups excluding carboxylic acids is 3. The topological polar surface area (TPSA) is 143 Å². The highest BCUT2D eigenvalue weighted by Crippen LogP contribution is 2.17. The molecule has 3 amide bonds. The van der Waals surface area contributed by atoms with E-state index in [0.717, 1.165) is 5.56 Å². The van der Waals surface area contributed by atoms with Crippen molar-refractivity contribution in [3.63, 3.8) is 0 Å². The Morgan fingerprint density at radius 2 is 1.86 bits per heavy atom. The summed E-state index contributed by atoms with van der Waals surface area (Å²) in [5, 5.41) is 12.7. The van der Waals surface area contributed by atoms with Crippen LogP contribution in [0.5, 0.6) is 0 Å². The van der Waals surface area contributed by atoms with Gasteiger partial charge in [-0.05, 0) is 70.7 Å². The first-order valence-corrected chi connectivity index (χ1v) is 11.6. The van der Waals surface area contributed by atoms with Crippen molar-refractivity contribution < 1.29 is 24.3 Å². The maximum absolute atomic E-state index is 12.5. The van der Waals surface area contributed by atoms with Crippen molar-refractivity contribution in [2.45, 2.75) is 58.1 Å². The van der Waals surface area contributed by atoms with Crippen LogP contribution in [0.1, 0.15) is 46.1 Å². The van der Waals surface area contributed by atoms with Crippen molar-refractivity contribution in [2.24, 2.45) is 5.92 Å². The monoisotopic (exact) mass is 508 g/mol. The van der Waals surface area contributed by atoms with Gasteiger partial charge in [-0.25, -0.2) is 10.3 Å². The van der Waals surface area contributed by atoms with E-state index in [2.05, 4.69) is 35.6 Å². The number of hydrogen-bond acceptors (Lipinski definition) is 6. The third-order valence-electron chi connectivity index (χ3n) is 4.41. The number of nitrogen functional groups attached to an aromatic ring is 1. The van der Waals surface area contributed by atoms with E-state index in [1.54, 1.807) is 26.8 Å². The molecule has 3 atom stereocenters. The molecule has 1 aromatic carbocycles. The first-order valence-electron chi connectivity index (χ1n) is 11.6. The van der Waals surface area contributed by atoms with E-state index in [0.29, 0.717) is 24.1 Å². The van der Waals surface area contributed by atoms with Gasteiger partial charge in [-0.2, -0.15) is 0 Å². The van der Waals surface area contributed by atoms with Crippen molar-refractivity contribution in [3.05, 3.63) is 66.8 Å². The van der Waals surface area contributed by atoms with E-state index < -0.39 is 17.6 Å². The Morgan fingerprint density at radius 3 is 2.35 bits per heavy atom. The second-order valence-electron chi connectivity index (χ2n) is 8.86. The number of hydroxylamine groups is 1. The summed E-state index contributed by atoms with van der Waals surface area (Å²) in [7, 11) is 5.94. The second-order valence-corrected chi connectivity index (χ2v) is 8.86. The smallest absolute Gasteiger partial charge is 0.407 e. The van der Waals surface area contributed by atoms with Gasteiger partial charge in [0, 0.05) is 28.8 Å². The Morgan fingerprint density at radius 1 is 1.27 bits per heavy atom. The minimum absolute atomic E-state index is 0.0537. The fourth-order valence-electron chi connectivity index (χ4n) is 2.90. The minimum atomic E-state index is -0.631. The van der Waals surface area contributed by atoms with Crippen molar-refractivity contribution in [3.8, 4) is 11.8 Å². The van der Waals surface area contributed by atoms with Crippen LogP contribution >= 0.6 is 0 Å². The quantitative estimate of drug-likeness (QED) is 0.0761. The van der Waals surface area contributed by atoms with Crippen LogP contribution in [-0.2, 0) is 14.3 Å². The lowest BCUT2D eigenvalue weighted by Gasteiger charge is -2.24. The van der Waals surface area contributed by atoms with Gasteiger partial charge < -0.3 is 21.1 Å².